The maximum absolute atomic E-state index is 12.8. The SMILES string of the molecule is CN1C(=C(C#N)C(=O)CSc2nnc(-c3ccc(Br)cc3)o2)N(C)c2ccccc21. The number of para-hydroxylation sites is 2. The summed E-state index contributed by atoms with van der Waals surface area (Å²) in [5.74, 6) is 0.659. The lowest BCUT2D eigenvalue weighted by Gasteiger charge is -2.19. The van der Waals surface area contributed by atoms with Gasteiger partial charge in [-0.1, -0.05) is 39.8 Å². The number of thioether (sulfide) groups is 1. The summed E-state index contributed by atoms with van der Waals surface area (Å²) < 4.78 is 6.60. The lowest BCUT2D eigenvalue weighted by atomic mass is 10.2. The summed E-state index contributed by atoms with van der Waals surface area (Å²) in [5.41, 5.74) is 2.77. The first-order valence-electron chi connectivity index (χ1n) is 8.96. The van der Waals surface area contributed by atoms with Gasteiger partial charge in [0, 0.05) is 24.1 Å². The van der Waals surface area contributed by atoms with Crippen LogP contribution < -0.4 is 9.80 Å². The highest BCUT2D eigenvalue weighted by Crippen LogP contribution is 2.40. The molecule has 150 valence electrons. The van der Waals surface area contributed by atoms with Crippen molar-refractivity contribution in [3.8, 4) is 17.5 Å². The Morgan fingerprint density at radius 2 is 1.73 bits per heavy atom. The lowest BCUT2D eigenvalue weighted by molar-refractivity contribution is -0.112. The van der Waals surface area contributed by atoms with Gasteiger partial charge in [-0.25, -0.2) is 0 Å². The number of carbonyl (C=O) groups is 1. The molecule has 1 aliphatic rings. The minimum atomic E-state index is -0.299. The van der Waals surface area contributed by atoms with E-state index in [9.17, 15) is 10.1 Å². The molecule has 0 spiro atoms. The van der Waals surface area contributed by atoms with Crippen LogP contribution in [0.3, 0.4) is 0 Å². The Morgan fingerprint density at radius 3 is 2.33 bits per heavy atom. The number of aromatic nitrogens is 2. The Balaban J connectivity index is 1.51. The van der Waals surface area contributed by atoms with Gasteiger partial charge in [0.25, 0.3) is 5.22 Å². The molecule has 0 aliphatic carbocycles. The van der Waals surface area contributed by atoms with Gasteiger partial charge in [0.1, 0.15) is 17.5 Å². The van der Waals surface area contributed by atoms with Gasteiger partial charge in [-0.15, -0.1) is 10.2 Å². The van der Waals surface area contributed by atoms with Crippen LogP contribution in [0.1, 0.15) is 0 Å². The molecule has 0 atom stereocenters. The molecule has 1 aliphatic heterocycles. The highest BCUT2D eigenvalue weighted by Gasteiger charge is 2.31. The Morgan fingerprint density at radius 1 is 1.10 bits per heavy atom. The molecule has 3 aromatic rings. The fourth-order valence-electron chi connectivity index (χ4n) is 3.23. The van der Waals surface area contributed by atoms with Crippen molar-refractivity contribution in [3.05, 3.63) is 64.4 Å². The molecule has 2 heterocycles. The van der Waals surface area contributed by atoms with Crippen LogP contribution in [-0.2, 0) is 4.79 Å². The van der Waals surface area contributed by atoms with Gasteiger partial charge in [-0.2, -0.15) is 5.26 Å². The van der Waals surface area contributed by atoms with Crippen LogP contribution >= 0.6 is 27.7 Å². The summed E-state index contributed by atoms with van der Waals surface area (Å²) in [6.07, 6.45) is 0. The van der Waals surface area contributed by atoms with Gasteiger partial charge in [-0.05, 0) is 36.4 Å². The molecule has 1 aromatic heterocycles. The van der Waals surface area contributed by atoms with Crippen molar-refractivity contribution in [2.45, 2.75) is 5.22 Å². The highest BCUT2D eigenvalue weighted by atomic mass is 79.9. The van der Waals surface area contributed by atoms with Gasteiger partial charge in [0.2, 0.25) is 5.89 Å². The molecule has 2 aromatic carbocycles. The zero-order valence-corrected chi connectivity index (χ0v) is 18.6. The zero-order chi connectivity index (χ0) is 21.3. The third kappa shape index (κ3) is 3.72. The van der Waals surface area contributed by atoms with Crippen LogP contribution in [0.5, 0.6) is 0 Å². The molecule has 4 rings (SSSR count). The third-order valence-corrected chi connectivity index (χ3v) is 6.03. The van der Waals surface area contributed by atoms with E-state index in [1.165, 1.54) is 0 Å². The lowest BCUT2D eigenvalue weighted by Crippen LogP contribution is -2.26. The van der Waals surface area contributed by atoms with E-state index in [4.69, 9.17) is 4.42 Å². The van der Waals surface area contributed by atoms with Gasteiger partial charge < -0.3 is 14.2 Å². The maximum Gasteiger partial charge on any atom is 0.277 e. The van der Waals surface area contributed by atoms with Crippen molar-refractivity contribution in [2.75, 3.05) is 29.6 Å². The van der Waals surface area contributed by atoms with Crippen molar-refractivity contribution >= 4 is 44.8 Å². The average molecular weight is 482 g/mol. The average Bonchev–Trinajstić information content (AvgIpc) is 3.33. The van der Waals surface area contributed by atoms with E-state index < -0.39 is 0 Å². The summed E-state index contributed by atoms with van der Waals surface area (Å²) in [5, 5.41) is 18.0. The quantitative estimate of drug-likeness (QED) is 0.299. The van der Waals surface area contributed by atoms with Crippen LogP contribution in [0.4, 0.5) is 11.4 Å². The second-order valence-corrected chi connectivity index (χ2v) is 8.35. The largest absolute Gasteiger partial charge is 0.411 e. The number of rotatable bonds is 5. The molecule has 0 N–H and O–H groups in total. The molecule has 0 saturated carbocycles. The number of halogens is 1. The second kappa shape index (κ2) is 8.34. The molecule has 9 heteroatoms. The molecular formula is C21H16BrN5O2S. The molecule has 0 fully saturated rings. The van der Waals surface area contributed by atoms with Gasteiger partial charge >= 0.3 is 0 Å². The van der Waals surface area contributed by atoms with Crippen molar-refractivity contribution in [3.63, 3.8) is 0 Å². The van der Waals surface area contributed by atoms with Crippen molar-refractivity contribution in [1.29, 1.82) is 5.26 Å². The number of hydrogen-bond donors (Lipinski definition) is 0. The molecule has 0 radical (unpaired) electrons. The maximum atomic E-state index is 12.8. The van der Waals surface area contributed by atoms with Crippen LogP contribution in [-0.4, -0.2) is 35.8 Å². The molecule has 0 amide bonds. The number of hydrogen-bond acceptors (Lipinski definition) is 8. The van der Waals surface area contributed by atoms with E-state index in [1.807, 2.05) is 72.4 Å². The highest BCUT2D eigenvalue weighted by molar-refractivity contribution is 9.10. The number of anilines is 2. The van der Waals surface area contributed by atoms with Crippen LogP contribution in [0, 0.1) is 11.3 Å². The summed E-state index contributed by atoms with van der Waals surface area (Å²) >= 11 is 4.50. The molecule has 30 heavy (non-hydrogen) atoms. The number of ketones is 1. The summed E-state index contributed by atoms with van der Waals surface area (Å²) in [6, 6.07) is 17.3. The predicted octanol–water partition coefficient (Wildman–Crippen LogP) is 4.48. The zero-order valence-electron chi connectivity index (χ0n) is 16.2. The minimum absolute atomic E-state index is 0.0202. The van der Waals surface area contributed by atoms with Crippen LogP contribution in [0.25, 0.3) is 11.5 Å². The molecule has 0 bridgehead atoms. The summed E-state index contributed by atoms with van der Waals surface area (Å²) in [6.45, 7) is 0. The first kappa shape index (κ1) is 20.2. The summed E-state index contributed by atoms with van der Waals surface area (Å²) in [4.78, 5) is 16.6. The van der Waals surface area contributed by atoms with E-state index in [1.54, 1.807) is 0 Å². The van der Waals surface area contributed by atoms with Crippen molar-refractivity contribution in [2.24, 2.45) is 0 Å². The molecule has 7 nitrogen and oxygen atoms in total. The summed E-state index contributed by atoms with van der Waals surface area (Å²) in [7, 11) is 3.69. The Labute approximate surface area is 186 Å². The van der Waals surface area contributed by atoms with Crippen molar-refractivity contribution < 1.29 is 9.21 Å². The number of carbonyl (C=O) groups excluding carboxylic acids is 1. The first-order valence-corrected chi connectivity index (χ1v) is 10.7. The fraction of sp³-hybridized carbons (Fsp3) is 0.143. The Kier molecular flexibility index (Phi) is 5.61. The van der Waals surface area contributed by atoms with Crippen LogP contribution in [0.15, 0.2) is 74.0 Å². The van der Waals surface area contributed by atoms with E-state index in [0.29, 0.717) is 11.7 Å². The number of Topliss-reactive ketones (excluding diaryl/α,β-unsaturated/α-hetero) is 1. The predicted molar refractivity (Wildman–Crippen MR) is 119 cm³/mol. The monoisotopic (exact) mass is 481 g/mol. The number of benzene rings is 2. The van der Waals surface area contributed by atoms with Gasteiger partial charge in [0.05, 0.1) is 17.1 Å². The number of fused-ring (bicyclic) bond motifs is 1. The molecule has 0 unspecified atom stereocenters. The number of nitriles is 1. The smallest absolute Gasteiger partial charge is 0.277 e. The van der Waals surface area contributed by atoms with E-state index in [0.717, 1.165) is 33.2 Å². The van der Waals surface area contributed by atoms with Gasteiger partial charge in [-0.3, -0.25) is 4.79 Å². The second-order valence-electron chi connectivity index (χ2n) is 6.51. The number of allylic oxidation sites excluding steroid dienone is 1. The van der Waals surface area contributed by atoms with Crippen LogP contribution in [0.2, 0.25) is 0 Å². The molecular weight excluding hydrogens is 466 g/mol. The van der Waals surface area contributed by atoms with E-state index in [2.05, 4.69) is 32.2 Å². The van der Waals surface area contributed by atoms with E-state index in [-0.39, 0.29) is 22.3 Å². The normalized spacial score (nSPS) is 12.7. The standard InChI is InChI=1S/C21H16BrN5O2S/c1-26-16-5-3-4-6-17(16)27(2)20(26)15(11-23)18(28)12-30-21-25-24-19(29-21)13-7-9-14(22)10-8-13/h3-10H,12H2,1-2H3. The van der Waals surface area contributed by atoms with Crippen molar-refractivity contribution in [1.82, 2.24) is 10.2 Å². The third-order valence-electron chi connectivity index (χ3n) is 4.68. The Bertz CT molecular complexity index is 1150. The van der Waals surface area contributed by atoms with Gasteiger partial charge in [0.15, 0.2) is 5.78 Å². The fourth-order valence-corrected chi connectivity index (χ4v) is 4.13. The first-order chi connectivity index (χ1) is 14.5. The Hall–Kier alpha value is -3.09. The minimum Gasteiger partial charge on any atom is -0.411 e. The van der Waals surface area contributed by atoms with E-state index >= 15 is 0 Å². The topological polar surface area (TPSA) is 86.3 Å². The molecule has 0 saturated heterocycles. The number of nitrogens with zero attached hydrogens (tertiary/aromatic N) is 5.